The van der Waals surface area contributed by atoms with Gasteiger partial charge in [-0.25, -0.2) is 0 Å². The van der Waals surface area contributed by atoms with Crippen molar-refractivity contribution in [1.29, 1.82) is 0 Å². The fourth-order valence-corrected chi connectivity index (χ4v) is 3.66. The molecule has 1 atom stereocenters. The maximum atomic E-state index is 12.5. The Labute approximate surface area is 199 Å². The van der Waals surface area contributed by atoms with E-state index in [1.807, 2.05) is 54.6 Å². The van der Waals surface area contributed by atoms with E-state index in [2.05, 4.69) is 16.0 Å². The lowest BCUT2D eigenvalue weighted by atomic mass is 10.2. The van der Waals surface area contributed by atoms with E-state index in [9.17, 15) is 9.59 Å². The van der Waals surface area contributed by atoms with Gasteiger partial charge in [0.2, 0.25) is 5.91 Å². The number of amides is 2. The van der Waals surface area contributed by atoms with Crippen LogP contribution in [0.25, 0.3) is 0 Å². The lowest BCUT2D eigenvalue weighted by Gasteiger charge is -2.13. The van der Waals surface area contributed by atoms with Gasteiger partial charge >= 0.3 is 0 Å². The fourth-order valence-electron chi connectivity index (χ4n) is 3.66. The summed E-state index contributed by atoms with van der Waals surface area (Å²) in [5.74, 6) is 0.277. The van der Waals surface area contributed by atoms with Crippen LogP contribution in [0.1, 0.15) is 28.8 Å². The zero-order valence-electron chi connectivity index (χ0n) is 19.0. The second-order valence-corrected chi connectivity index (χ2v) is 8.09. The summed E-state index contributed by atoms with van der Waals surface area (Å²) in [6.07, 6.45) is 2.13. The Hall–Kier alpha value is -3.84. The molecule has 3 N–H and O–H groups in total. The highest BCUT2D eigenvalue weighted by molar-refractivity contribution is 5.96. The Balaban J connectivity index is 1.24. The van der Waals surface area contributed by atoms with Gasteiger partial charge in [0.05, 0.1) is 18.3 Å². The standard InChI is InChI=1S/C27H29N3O4/c31-26(30-24-10-4-5-11-25(24)34-19-20-7-2-1-3-8-20)18-28-22-14-12-21(13-15-22)27(32)29-17-23-9-6-16-33-23/h1-5,7-8,10-15,23,28H,6,9,16-19H2,(H,29,32)(H,30,31). The first kappa shape index (κ1) is 23.3. The zero-order chi connectivity index (χ0) is 23.6. The van der Waals surface area contributed by atoms with Crippen molar-refractivity contribution >= 4 is 23.2 Å². The predicted molar refractivity (Wildman–Crippen MR) is 132 cm³/mol. The first-order valence-corrected chi connectivity index (χ1v) is 11.5. The topological polar surface area (TPSA) is 88.7 Å². The van der Waals surface area contributed by atoms with E-state index >= 15 is 0 Å². The summed E-state index contributed by atoms with van der Waals surface area (Å²) in [6, 6.07) is 24.2. The van der Waals surface area contributed by atoms with E-state index < -0.39 is 0 Å². The van der Waals surface area contributed by atoms with Gasteiger partial charge < -0.3 is 25.4 Å². The first-order valence-electron chi connectivity index (χ1n) is 11.5. The molecule has 3 aromatic rings. The van der Waals surface area contributed by atoms with E-state index in [4.69, 9.17) is 9.47 Å². The smallest absolute Gasteiger partial charge is 0.251 e. The van der Waals surface area contributed by atoms with Gasteiger partial charge in [-0.3, -0.25) is 9.59 Å². The molecule has 7 nitrogen and oxygen atoms in total. The van der Waals surface area contributed by atoms with Crippen molar-refractivity contribution in [2.24, 2.45) is 0 Å². The van der Waals surface area contributed by atoms with Crippen molar-refractivity contribution in [2.75, 3.05) is 30.3 Å². The molecule has 1 unspecified atom stereocenters. The lowest BCUT2D eigenvalue weighted by molar-refractivity contribution is -0.114. The molecule has 1 aliphatic rings. The minimum atomic E-state index is -0.200. The van der Waals surface area contributed by atoms with Gasteiger partial charge in [-0.2, -0.15) is 0 Å². The van der Waals surface area contributed by atoms with Gasteiger partial charge in [-0.1, -0.05) is 42.5 Å². The average Bonchev–Trinajstić information content (AvgIpc) is 3.40. The van der Waals surface area contributed by atoms with Crippen LogP contribution in [-0.2, 0) is 16.1 Å². The highest BCUT2D eigenvalue weighted by Crippen LogP contribution is 2.24. The predicted octanol–water partition coefficient (Wildman–Crippen LogP) is 4.23. The molecular formula is C27H29N3O4. The molecule has 0 aromatic heterocycles. The molecule has 7 heteroatoms. The molecule has 4 rings (SSSR count). The van der Waals surface area contributed by atoms with Gasteiger partial charge in [-0.15, -0.1) is 0 Å². The molecule has 176 valence electrons. The maximum Gasteiger partial charge on any atom is 0.251 e. The number of hydrogen-bond acceptors (Lipinski definition) is 5. The number of hydrogen-bond donors (Lipinski definition) is 3. The molecule has 1 aliphatic heterocycles. The van der Waals surface area contributed by atoms with Gasteiger partial charge in [0.25, 0.3) is 5.91 Å². The zero-order valence-corrected chi connectivity index (χ0v) is 19.0. The third-order valence-corrected chi connectivity index (χ3v) is 5.51. The summed E-state index contributed by atoms with van der Waals surface area (Å²) >= 11 is 0. The number of anilines is 2. The maximum absolute atomic E-state index is 12.5. The van der Waals surface area contributed by atoms with Crippen LogP contribution in [0.3, 0.4) is 0 Å². The second-order valence-electron chi connectivity index (χ2n) is 8.09. The van der Waals surface area contributed by atoms with Crippen LogP contribution in [0.4, 0.5) is 11.4 Å². The van der Waals surface area contributed by atoms with Crippen LogP contribution in [0, 0.1) is 0 Å². The highest BCUT2D eigenvalue weighted by atomic mass is 16.5. The molecule has 1 fully saturated rings. The number of carbonyl (C=O) groups is 2. The quantitative estimate of drug-likeness (QED) is 0.422. The average molecular weight is 460 g/mol. The van der Waals surface area contributed by atoms with Crippen LogP contribution in [0.15, 0.2) is 78.9 Å². The lowest BCUT2D eigenvalue weighted by Crippen LogP contribution is -2.31. The molecule has 0 saturated carbocycles. The summed E-state index contributed by atoms with van der Waals surface area (Å²) in [5.41, 5.74) is 2.98. The largest absolute Gasteiger partial charge is 0.487 e. The molecule has 2 amide bonds. The van der Waals surface area contributed by atoms with Crippen molar-refractivity contribution in [3.8, 4) is 5.75 Å². The Morgan fingerprint density at radius 3 is 2.47 bits per heavy atom. The van der Waals surface area contributed by atoms with E-state index in [1.54, 1.807) is 24.3 Å². The third-order valence-electron chi connectivity index (χ3n) is 5.51. The van der Waals surface area contributed by atoms with Crippen LogP contribution >= 0.6 is 0 Å². The third kappa shape index (κ3) is 6.83. The summed E-state index contributed by atoms with van der Waals surface area (Å²) < 4.78 is 11.4. The minimum absolute atomic E-state index is 0.0809. The van der Waals surface area contributed by atoms with Crippen LogP contribution < -0.4 is 20.7 Å². The minimum Gasteiger partial charge on any atom is -0.487 e. The van der Waals surface area contributed by atoms with Crippen molar-refractivity contribution < 1.29 is 19.1 Å². The van der Waals surface area contributed by atoms with E-state index in [0.29, 0.717) is 30.2 Å². The van der Waals surface area contributed by atoms with Crippen molar-refractivity contribution in [1.82, 2.24) is 5.32 Å². The van der Waals surface area contributed by atoms with Gasteiger partial charge in [0.15, 0.2) is 0 Å². The van der Waals surface area contributed by atoms with Crippen molar-refractivity contribution in [3.63, 3.8) is 0 Å². The van der Waals surface area contributed by atoms with Crippen LogP contribution in [-0.4, -0.2) is 37.6 Å². The normalized spacial score (nSPS) is 14.9. The van der Waals surface area contributed by atoms with Gasteiger partial charge in [-0.05, 0) is 54.8 Å². The second kappa shape index (κ2) is 11.9. The Morgan fingerprint density at radius 1 is 0.941 bits per heavy atom. The number of benzene rings is 3. The summed E-state index contributed by atoms with van der Waals surface area (Å²) in [7, 11) is 0. The number of nitrogens with one attached hydrogen (secondary N) is 3. The fraction of sp³-hybridized carbons (Fsp3) is 0.259. The molecule has 0 aliphatic carbocycles. The molecule has 3 aromatic carbocycles. The molecule has 0 radical (unpaired) electrons. The Kier molecular flexibility index (Phi) is 8.13. The Bertz CT molecular complexity index is 1080. The monoisotopic (exact) mass is 459 g/mol. The van der Waals surface area contributed by atoms with Crippen LogP contribution in [0.5, 0.6) is 5.75 Å². The highest BCUT2D eigenvalue weighted by Gasteiger charge is 2.16. The number of ether oxygens (including phenoxy) is 2. The molecule has 34 heavy (non-hydrogen) atoms. The summed E-state index contributed by atoms with van der Waals surface area (Å²) in [5, 5.41) is 8.87. The summed E-state index contributed by atoms with van der Waals surface area (Å²) in [6.45, 7) is 1.79. The molecule has 0 bridgehead atoms. The molecule has 1 saturated heterocycles. The first-order chi connectivity index (χ1) is 16.7. The number of carbonyl (C=O) groups excluding carboxylic acids is 2. The molecular weight excluding hydrogens is 430 g/mol. The van der Waals surface area contributed by atoms with E-state index in [0.717, 1.165) is 30.7 Å². The Morgan fingerprint density at radius 2 is 1.71 bits per heavy atom. The van der Waals surface area contributed by atoms with E-state index in [1.165, 1.54) is 0 Å². The summed E-state index contributed by atoms with van der Waals surface area (Å²) in [4.78, 5) is 24.8. The van der Waals surface area contributed by atoms with Crippen molar-refractivity contribution in [2.45, 2.75) is 25.6 Å². The van der Waals surface area contributed by atoms with Crippen molar-refractivity contribution in [3.05, 3.63) is 90.0 Å². The SMILES string of the molecule is O=C(CNc1ccc(C(=O)NCC2CCCO2)cc1)Nc1ccccc1OCc1ccccc1. The van der Waals surface area contributed by atoms with Gasteiger partial charge in [0, 0.05) is 24.4 Å². The van der Waals surface area contributed by atoms with Gasteiger partial charge in [0.1, 0.15) is 12.4 Å². The molecule has 1 heterocycles. The van der Waals surface area contributed by atoms with Crippen LogP contribution in [0.2, 0.25) is 0 Å². The number of para-hydroxylation sites is 2. The van der Waals surface area contributed by atoms with E-state index in [-0.39, 0.29) is 24.5 Å². The number of rotatable bonds is 10. The molecule has 0 spiro atoms.